The lowest BCUT2D eigenvalue weighted by molar-refractivity contribution is -0.140. The van der Waals surface area contributed by atoms with Crippen molar-refractivity contribution in [1.82, 2.24) is 34.6 Å². The first kappa shape index (κ1) is 18.6. The Hall–Kier alpha value is -2.75. The number of rotatable bonds is 4. The number of hydrogen-bond donors (Lipinski definition) is 0. The lowest BCUT2D eigenvalue weighted by Crippen LogP contribution is -2.52. The van der Waals surface area contributed by atoms with Gasteiger partial charge in [-0.3, -0.25) is 9.59 Å². The Kier molecular flexibility index (Phi) is 5.12. The van der Waals surface area contributed by atoms with Gasteiger partial charge < -0.3 is 14.4 Å². The summed E-state index contributed by atoms with van der Waals surface area (Å²) < 4.78 is 4.46. The van der Waals surface area contributed by atoms with Crippen LogP contribution in [0, 0.1) is 6.92 Å². The fourth-order valence-electron chi connectivity index (χ4n) is 3.52. The quantitative estimate of drug-likeness (QED) is 0.598. The maximum absolute atomic E-state index is 12.9. The number of amides is 2. The molecule has 0 unspecified atom stereocenters. The zero-order valence-corrected chi connectivity index (χ0v) is 17.0. The number of benzene rings is 1. The Morgan fingerprint density at radius 3 is 2.32 bits per heavy atom. The van der Waals surface area contributed by atoms with E-state index in [2.05, 4.69) is 31.5 Å². The minimum absolute atomic E-state index is 0.0458. The van der Waals surface area contributed by atoms with E-state index in [1.165, 1.54) is 11.0 Å². The van der Waals surface area contributed by atoms with Gasteiger partial charge in [0.2, 0.25) is 11.8 Å². The maximum Gasteiger partial charge on any atom is 0.244 e. The van der Waals surface area contributed by atoms with Gasteiger partial charge in [-0.05, 0) is 39.3 Å². The molecule has 0 N–H and O–H groups in total. The molecule has 0 spiro atoms. The van der Waals surface area contributed by atoms with Gasteiger partial charge in [0.25, 0.3) is 0 Å². The molecular weight excluding hydrogens is 426 g/mol. The van der Waals surface area contributed by atoms with Crippen LogP contribution < -0.4 is 0 Å². The molecule has 0 aliphatic carbocycles. The summed E-state index contributed by atoms with van der Waals surface area (Å²) in [5.41, 5.74) is 2.07. The lowest BCUT2D eigenvalue weighted by atomic mass is 10.2. The summed E-state index contributed by atoms with van der Waals surface area (Å²) in [5.74, 6) is 0.0134. The number of piperazine rings is 1. The topological polar surface area (TPSA) is 89.2 Å². The van der Waals surface area contributed by atoms with Gasteiger partial charge in [-0.15, -0.1) is 5.10 Å². The van der Waals surface area contributed by atoms with E-state index in [0.29, 0.717) is 26.2 Å². The van der Waals surface area contributed by atoms with E-state index in [-0.39, 0.29) is 24.9 Å². The fourth-order valence-corrected chi connectivity index (χ4v) is 4.07. The van der Waals surface area contributed by atoms with Gasteiger partial charge in [-0.1, -0.05) is 18.2 Å². The van der Waals surface area contributed by atoms with Gasteiger partial charge in [-0.25, -0.2) is 4.68 Å². The number of carbonyl (C=O) groups excluding carboxylic acids is 2. The van der Waals surface area contributed by atoms with Gasteiger partial charge in [0.05, 0.1) is 0 Å². The molecule has 3 aromatic rings. The summed E-state index contributed by atoms with van der Waals surface area (Å²) in [5, 5.41) is 11.9. The van der Waals surface area contributed by atoms with Crippen molar-refractivity contribution in [3.63, 3.8) is 0 Å². The van der Waals surface area contributed by atoms with Crippen molar-refractivity contribution in [3.8, 4) is 0 Å². The number of halogens is 1. The molecule has 1 saturated heterocycles. The second kappa shape index (κ2) is 7.70. The molecule has 1 aliphatic rings. The molecule has 2 aromatic heterocycles. The van der Waals surface area contributed by atoms with E-state index in [0.717, 1.165) is 21.1 Å². The molecule has 1 aliphatic heterocycles. The van der Waals surface area contributed by atoms with E-state index < -0.39 is 0 Å². The molecule has 1 aromatic carbocycles. The van der Waals surface area contributed by atoms with Crippen molar-refractivity contribution >= 4 is 38.6 Å². The number of hydrogen-bond acceptors (Lipinski definition) is 5. The van der Waals surface area contributed by atoms with Crippen molar-refractivity contribution in [2.75, 3.05) is 26.2 Å². The molecule has 0 atom stereocenters. The predicted octanol–water partition coefficient (Wildman–Crippen LogP) is 1.07. The highest BCUT2D eigenvalue weighted by Crippen LogP contribution is 2.30. The predicted molar refractivity (Wildman–Crippen MR) is 105 cm³/mol. The number of aromatic nitrogens is 5. The zero-order valence-electron chi connectivity index (χ0n) is 15.5. The number of para-hydroxylation sites is 1. The molecule has 3 heterocycles. The van der Waals surface area contributed by atoms with Crippen LogP contribution in [0.2, 0.25) is 0 Å². The Labute approximate surface area is 170 Å². The molecule has 1 fully saturated rings. The van der Waals surface area contributed by atoms with E-state index in [9.17, 15) is 9.59 Å². The minimum Gasteiger partial charge on any atom is -0.338 e. The molecule has 9 nitrogen and oxygen atoms in total. The first-order chi connectivity index (χ1) is 13.5. The summed E-state index contributed by atoms with van der Waals surface area (Å²) in [6.45, 7) is 4.50. The second-order valence-corrected chi connectivity index (χ2v) is 7.56. The summed E-state index contributed by atoms with van der Waals surface area (Å²) >= 11 is 3.63. The Morgan fingerprint density at radius 2 is 1.68 bits per heavy atom. The third-order valence-corrected chi connectivity index (χ3v) is 6.12. The van der Waals surface area contributed by atoms with Crippen LogP contribution >= 0.6 is 15.9 Å². The average Bonchev–Trinajstić information content (AvgIpc) is 3.31. The van der Waals surface area contributed by atoms with Crippen LogP contribution in [0.15, 0.2) is 35.1 Å². The third kappa shape index (κ3) is 3.51. The standard InChI is InChI=1S/C18H20BrN7O2/c1-13-18(19)14-4-2-3-5-15(14)26(13)11-17(28)24-8-6-23(7-9-24)16(27)10-25-12-20-21-22-25/h2-5,12H,6-11H2,1H3. The van der Waals surface area contributed by atoms with Gasteiger partial charge in [0.1, 0.15) is 19.4 Å². The maximum atomic E-state index is 12.9. The average molecular weight is 446 g/mol. The molecule has 2 amide bonds. The highest BCUT2D eigenvalue weighted by Gasteiger charge is 2.25. The van der Waals surface area contributed by atoms with Crippen LogP contribution in [-0.2, 0) is 22.7 Å². The van der Waals surface area contributed by atoms with Gasteiger partial charge >= 0.3 is 0 Å². The first-order valence-corrected chi connectivity index (χ1v) is 9.83. The van der Waals surface area contributed by atoms with Crippen LogP contribution in [0.1, 0.15) is 5.69 Å². The van der Waals surface area contributed by atoms with Crippen LogP contribution in [0.5, 0.6) is 0 Å². The van der Waals surface area contributed by atoms with Crippen molar-refractivity contribution in [1.29, 1.82) is 0 Å². The Balaban J connectivity index is 1.38. The van der Waals surface area contributed by atoms with Gasteiger partial charge in [0, 0.05) is 47.2 Å². The molecule has 0 radical (unpaired) electrons. The number of fused-ring (bicyclic) bond motifs is 1. The normalized spacial score (nSPS) is 14.6. The summed E-state index contributed by atoms with van der Waals surface area (Å²) in [6.07, 6.45) is 1.42. The molecule has 4 rings (SSSR count). The Morgan fingerprint density at radius 1 is 1.04 bits per heavy atom. The van der Waals surface area contributed by atoms with Crippen molar-refractivity contribution < 1.29 is 9.59 Å². The molecule has 146 valence electrons. The molecule has 28 heavy (non-hydrogen) atoms. The van der Waals surface area contributed by atoms with Crippen molar-refractivity contribution in [2.24, 2.45) is 0 Å². The SMILES string of the molecule is Cc1c(Br)c2ccccc2n1CC(=O)N1CCN(C(=O)Cn2cnnn2)CC1. The summed E-state index contributed by atoms with van der Waals surface area (Å²) in [6, 6.07) is 8.03. The van der Waals surface area contributed by atoms with E-state index >= 15 is 0 Å². The summed E-state index contributed by atoms with van der Waals surface area (Å²) in [4.78, 5) is 28.8. The Bertz CT molecular complexity index is 1010. The third-order valence-electron chi connectivity index (χ3n) is 5.12. The zero-order chi connectivity index (χ0) is 19.7. The fraction of sp³-hybridized carbons (Fsp3) is 0.389. The van der Waals surface area contributed by atoms with Gasteiger partial charge in [-0.2, -0.15) is 0 Å². The van der Waals surface area contributed by atoms with E-state index in [1.807, 2.05) is 40.7 Å². The number of carbonyl (C=O) groups is 2. The number of nitrogens with zero attached hydrogens (tertiary/aromatic N) is 7. The largest absolute Gasteiger partial charge is 0.338 e. The lowest BCUT2D eigenvalue weighted by Gasteiger charge is -2.35. The summed E-state index contributed by atoms with van der Waals surface area (Å²) in [7, 11) is 0. The highest BCUT2D eigenvalue weighted by molar-refractivity contribution is 9.10. The number of tetrazole rings is 1. The highest BCUT2D eigenvalue weighted by atomic mass is 79.9. The van der Waals surface area contributed by atoms with Crippen LogP contribution in [0.25, 0.3) is 10.9 Å². The van der Waals surface area contributed by atoms with Crippen molar-refractivity contribution in [3.05, 3.63) is 40.8 Å². The van der Waals surface area contributed by atoms with Crippen LogP contribution in [-0.4, -0.2) is 72.6 Å². The molecule has 0 saturated carbocycles. The molecule has 0 bridgehead atoms. The monoisotopic (exact) mass is 445 g/mol. The first-order valence-electron chi connectivity index (χ1n) is 9.04. The molecule has 10 heteroatoms. The van der Waals surface area contributed by atoms with Crippen LogP contribution in [0.3, 0.4) is 0 Å². The second-order valence-electron chi connectivity index (χ2n) is 6.77. The van der Waals surface area contributed by atoms with E-state index in [4.69, 9.17) is 0 Å². The van der Waals surface area contributed by atoms with E-state index in [1.54, 1.807) is 4.90 Å². The minimum atomic E-state index is -0.0458. The van der Waals surface area contributed by atoms with Gasteiger partial charge in [0.15, 0.2) is 0 Å². The van der Waals surface area contributed by atoms with Crippen LogP contribution in [0.4, 0.5) is 0 Å². The van der Waals surface area contributed by atoms with Crippen molar-refractivity contribution in [2.45, 2.75) is 20.0 Å². The smallest absolute Gasteiger partial charge is 0.244 e. The molecular formula is C18H20BrN7O2.